The van der Waals surface area contributed by atoms with Gasteiger partial charge in [0.2, 0.25) is 5.95 Å². The largest absolute Gasteiger partial charge is 0.356 e. The maximum Gasteiger partial charge on any atom is 0.203 e. The third-order valence-electron chi connectivity index (χ3n) is 3.01. The first-order valence-corrected chi connectivity index (χ1v) is 6.71. The molecule has 1 aromatic carbocycles. The van der Waals surface area contributed by atoms with Crippen molar-refractivity contribution in [3.63, 3.8) is 0 Å². The normalized spacial score (nSPS) is 10.7. The van der Waals surface area contributed by atoms with Crippen LogP contribution in [0.2, 0.25) is 0 Å². The number of halogens is 1. The summed E-state index contributed by atoms with van der Waals surface area (Å²) in [5, 5.41) is 3.30. The molecule has 0 atom stereocenters. The van der Waals surface area contributed by atoms with E-state index in [1.54, 1.807) is 12.1 Å². The lowest BCUT2D eigenvalue weighted by molar-refractivity contribution is 0.600. The van der Waals surface area contributed by atoms with Crippen LogP contribution in [0.4, 0.5) is 10.3 Å². The Bertz CT molecular complexity index is 534. The van der Waals surface area contributed by atoms with Crippen molar-refractivity contribution in [1.29, 1.82) is 0 Å². The first kappa shape index (κ1) is 13.6. The Hall–Kier alpha value is -1.84. The molecule has 0 radical (unpaired) electrons. The molecule has 0 saturated carbocycles. The van der Waals surface area contributed by atoms with Crippen LogP contribution in [0.15, 0.2) is 30.5 Å². The van der Waals surface area contributed by atoms with Gasteiger partial charge in [-0.05, 0) is 19.4 Å². The van der Waals surface area contributed by atoms with E-state index in [2.05, 4.69) is 17.2 Å². The van der Waals surface area contributed by atoms with Crippen molar-refractivity contribution >= 4 is 5.95 Å². The monoisotopic (exact) mass is 261 g/mol. The van der Waals surface area contributed by atoms with Gasteiger partial charge in [-0.15, -0.1) is 0 Å². The second-order valence-corrected chi connectivity index (χ2v) is 4.71. The van der Waals surface area contributed by atoms with Gasteiger partial charge in [0.05, 0.1) is 12.2 Å². The molecule has 0 amide bonds. The van der Waals surface area contributed by atoms with Crippen molar-refractivity contribution < 1.29 is 4.39 Å². The predicted molar refractivity (Wildman–Crippen MR) is 75.9 cm³/mol. The lowest BCUT2D eigenvalue weighted by Crippen LogP contribution is -2.09. The SMILES string of the molecule is CCCCNc1nc(C)cn1Cc1ccccc1F. The van der Waals surface area contributed by atoms with Crippen LogP contribution in [0, 0.1) is 12.7 Å². The molecule has 3 nitrogen and oxygen atoms in total. The number of benzene rings is 1. The first-order valence-electron chi connectivity index (χ1n) is 6.71. The molecule has 0 saturated heterocycles. The highest BCUT2D eigenvalue weighted by Gasteiger charge is 2.08. The van der Waals surface area contributed by atoms with Gasteiger partial charge in [0, 0.05) is 18.3 Å². The topological polar surface area (TPSA) is 29.9 Å². The van der Waals surface area contributed by atoms with Crippen LogP contribution >= 0.6 is 0 Å². The molecule has 0 bridgehead atoms. The Morgan fingerprint density at radius 1 is 1.32 bits per heavy atom. The van der Waals surface area contributed by atoms with Gasteiger partial charge in [-0.1, -0.05) is 31.5 Å². The average Bonchev–Trinajstić information content (AvgIpc) is 2.73. The van der Waals surface area contributed by atoms with Gasteiger partial charge >= 0.3 is 0 Å². The Balaban J connectivity index is 2.13. The van der Waals surface area contributed by atoms with Gasteiger partial charge in [0.15, 0.2) is 0 Å². The summed E-state index contributed by atoms with van der Waals surface area (Å²) < 4.78 is 15.6. The van der Waals surface area contributed by atoms with Crippen LogP contribution in [0.25, 0.3) is 0 Å². The Morgan fingerprint density at radius 3 is 2.84 bits per heavy atom. The Kier molecular flexibility index (Phi) is 4.55. The number of hydrogen-bond donors (Lipinski definition) is 1. The van der Waals surface area contributed by atoms with Crippen molar-refractivity contribution in [1.82, 2.24) is 9.55 Å². The minimum Gasteiger partial charge on any atom is -0.356 e. The quantitative estimate of drug-likeness (QED) is 0.805. The number of nitrogens with one attached hydrogen (secondary N) is 1. The molecule has 2 rings (SSSR count). The molecule has 1 aromatic heterocycles. The summed E-state index contributed by atoms with van der Waals surface area (Å²) >= 11 is 0. The van der Waals surface area contributed by atoms with Crippen molar-refractivity contribution in [2.45, 2.75) is 33.2 Å². The van der Waals surface area contributed by atoms with E-state index < -0.39 is 0 Å². The van der Waals surface area contributed by atoms with Crippen LogP contribution < -0.4 is 5.32 Å². The molecule has 1 N–H and O–H groups in total. The van der Waals surface area contributed by atoms with Crippen LogP contribution in [0.3, 0.4) is 0 Å². The average molecular weight is 261 g/mol. The van der Waals surface area contributed by atoms with Crippen LogP contribution in [0.5, 0.6) is 0 Å². The standard InChI is InChI=1S/C15H20FN3/c1-3-4-9-17-15-18-12(2)10-19(15)11-13-7-5-6-8-14(13)16/h5-8,10H,3-4,9,11H2,1-2H3,(H,17,18). The molecule has 0 spiro atoms. The Labute approximate surface area is 113 Å². The van der Waals surface area contributed by atoms with Gasteiger partial charge < -0.3 is 9.88 Å². The summed E-state index contributed by atoms with van der Waals surface area (Å²) in [6.45, 7) is 5.49. The van der Waals surface area contributed by atoms with Crippen molar-refractivity contribution in [3.05, 3.63) is 47.5 Å². The maximum absolute atomic E-state index is 13.7. The number of anilines is 1. The molecule has 0 aliphatic carbocycles. The third kappa shape index (κ3) is 3.56. The number of unbranched alkanes of at least 4 members (excludes halogenated alkanes) is 1. The molecule has 0 aliphatic rings. The van der Waals surface area contributed by atoms with Crippen LogP contribution in [-0.4, -0.2) is 16.1 Å². The van der Waals surface area contributed by atoms with Gasteiger partial charge in [0.1, 0.15) is 5.82 Å². The summed E-state index contributed by atoms with van der Waals surface area (Å²) in [6, 6.07) is 6.86. The summed E-state index contributed by atoms with van der Waals surface area (Å²) in [4.78, 5) is 4.44. The van der Waals surface area contributed by atoms with Crippen LogP contribution in [0.1, 0.15) is 31.0 Å². The van der Waals surface area contributed by atoms with E-state index >= 15 is 0 Å². The zero-order valence-corrected chi connectivity index (χ0v) is 11.5. The molecule has 1 heterocycles. The highest BCUT2D eigenvalue weighted by molar-refractivity contribution is 5.30. The maximum atomic E-state index is 13.7. The van der Waals surface area contributed by atoms with E-state index in [0.717, 1.165) is 31.0 Å². The molecule has 2 aromatic rings. The molecule has 19 heavy (non-hydrogen) atoms. The molecule has 102 valence electrons. The smallest absolute Gasteiger partial charge is 0.203 e. The molecule has 0 fully saturated rings. The molecule has 0 unspecified atom stereocenters. The fourth-order valence-corrected chi connectivity index (χ4v) is 2.00. The summed E-state index contributed by atoms with van der Waals surface area (Å²) in [5.74, 6) is 0.641. The summed E-state index contributed by atoms with van der Waals surface area (Å²) in [6.07, 6.45) is 4.19. The first-order chi connectivity index (χ1) is 9.20. The molecule has 4 heteroatoms. The molecule has 0 aliphatic heterocycles. The third-order valence-corrected chi connectivity index (χ3v) is 3.01. The number of aryl methyl sites for hydroxylation is 1. The number of hydrogen-bond acceptors (Lipinski definition) is 2. The number of rotatable bonds is 6. The van der Waals surface area contributed by atoms with Crippen LogP contribution in [-0.2, 0) is 6.54 Å². The van der Waals surface area contributed by atoms with Crippen molar-refractivity contribution in [3.8, 4) is 0 Å². The number of nitrogens with zero attached hydrogens (tertiary/aromatic N) is 2. The Morgan fingerprint density at radius 2 is 2.11 bits per heavy atom. The van der Waals surface area contributed by atoms with E-state index in [-0.39, 0.29) is 5.82 Å². The van der Waals surface area contributed by atoms with E-state index in [4.69, 9.17) is 0 Å². The fraction of sp³-hybridized carbons (Fsp3) is 0.400. The highest BCUT2D eigenvalue weighted by Crippen LogP contribution is 2.14. The van der Waals surface area contributed by atoms with E-state index in [9.17, 15) is 4.39 Å². The number of imidazole rings is 1. The fourth-order valence-electron chi connectivity index (χ4n) is 2.00. The highest BCUT2D eigenvalue weighted by atomic mass is 19.1. The van der Waals surface area contributed by atoms with Crippen molar-refractivity contribution in [2.24, 2.45) is 0 Å². The minimum atomic E-state index is -0.173. The molecular formula is C15H20FN3. The van der Waals surface area contributed by atoms with E-state index in [1.165, 1.54) is 6.07 Å². The predicted octanol–water partition coefficient (Wildman–Crippen LogP) is 3.59. The summed E-state index contributed by atoms with van der Waals surface area (Å²) in [5.41, 5.74) is 1.62. The minimum absolute atomic E-state index is 0.173. The van der Waals surface area contributed by atoms with Crippen molar-refractivity contribution in [2.75, 3.05) is 11.9 Å². The zero-order valence-electron chi connectivity index (χ0n) is 11.5. The van der Waals surface area contributed by atoms with Gasteiger partial charge in [-0.3, -0.25) is 0 Å². The van der Waals surface area contributed by atoms with Gasteiger partial charge in [-0.2, -0.15) is 0 Å². The van der Waals surface area contributed by atoms with E-state index in [0.29, 0.717) is 12.1 Å². The van der Waals surface area contributed by atoms with Gasteiger partial charge in [0.25, 0.3) is 0 Å². The van der Waals surface area contributed by atoms with Gasteiger partial charge in [-0.25, -0.2) is 9.37 Å². The lowest BCUT2D eigenvalue weighted by Gasteiger charge is -2.10. The lowest BCUT2D eigenvalue weighted by atomic mass is 10.2. The van der Waals surface area contributed by atoms with E-state index in [1.807, 2.05) is 23.8 Å². The second kappa shape index (κ2) is 6.36. The zero-order chi connectivity index (χ0) is 13.7. The summed E-state index contributed by atoms with van der Waals surface area (Å²) in [7, 11) is 0. The number of aromatic nitrogens is 2. The molecular weight excluding hydrogens is 241 g/mol. The second-order valence-electron chi connectivity index (χ2n) is 4.71.